The first-order chi connectivity index (χ1) is 12.9. The molecule has 0 aliphatic heterocycles. The Labute approximate surface area is 156 Å². The van der Waals surface area contributed by atoms with E-state index in [1.807, 2.05) is 6.92 Å². The van der Waals surface area contributed by atoms with E-state index < -0.39 is 16.1 Å². The van der Waals surface area contributed by atoms with Crippen LogP contribution in [0.1, 0.15) is 19.8 Å². The average molecular weight is 389 g/mol. The van der Waals surface area contributed by atoms with Crippen LogP contribution in [0.2, 0.25) is 0 Å². The molecule has 3 rings (SSSR count). The first-order valence-corrected chi connectivity index (χ1v) is 9.83. The van der Waals surface area contributed by atoms with Gasteiger partial charge in [-0.1, -0.05) is 19.4 Å². The van der Waals surface area contributed by atoms with Gasteiger partial charge in [0.05, 0.1) is 10.3 Å². The van der Waals surface area contributed by atoms with Crippen molar-refractivity contribution >= 4 is 38.7 Å². The highest BCUT2D eigenvalue weighted by molar-refractivity contribution is 7.89. The number of sulfonamides is 1. The fourth-order valence-corrected chi connectivity index (χ4v) is 3.67. The zero-order valence-corrected chi connectivity index (χ0v) is 15.4. The number of rotatable bonds is 7. The number of aromatic nitrogens is 3. The van der Waals surface area contributed by atoms with Crippen LogP contribution in [0.5, 0.6) is 0 Å². The summed E-state index contributed by atoms with van der Waals surface area (Å²) in [5.41, 5.74) is 0.751. The van der Waals surface area contributed by atoms with Crippen LogP contribution < -0.4 is 10.0 Å². The fraction of sp³-hybridized carbons (Fsp3) is 0.235. The number of hydrogen-bond donors (Lipinski definition) is 3. The second kappa shape index (κ2) is 7.72. The number of nitrogens with one attached hydrogen (secondary N) is 2. The maximum atomic E-state index is 12.4. The number of hydrogen-bond acceptors (Lipinski definition) is 6. The topological polar surface area (TPSA) is 126 Å². The van der Waals surface area contributed by atoms with E-state index >= 15 is 0 Å². The summed E-state index contributed by atoms with van der Waals surface area (Å²) in [5.74, 6) is 0.383. The van der Waals surface area contributed by atoms with Crippen LogP contribution >= 0.6 is 0 Å². The molecule has 2 aromatic heterocycles. The Balaban J connectivity index is 1.89. The number of benzene rings is 1. The molecular weight excluding hydrogens is 370 g/mol. The van der Waals surface area contributed by atoms with Crippen LogP contribution in [-0.2, 0) is 10.0 Å². The summed E-state index contributed by atoms with van der Waals surface area (Å²) >= 11 is 0. The zero-order chi connectivity index (χ0) is 19.4. The lowest BCUT2D eigenvalue weighted by Gasteiger charge is -2.10. The minimum atomic E-state index is -3.60. The molecule has 27 heavy (non-hydrogen) atoms. The van der Waals surface area contributed by atoms with E-state index in [0.717, 1.165) is 17.4 Å². The van der Waals surface area contributed by atoms with Gasteiger partial charge in [-0.25, -0.2) is 32.5 Å². The van der Waals surface area contributed by atoms with Gasteiger partial charge in [-0.15, -0.1) is 0 Å². The molecule has 9 nitrogen and oxygen atoms in total. The van der Waals surface area contributed by atoms with Crippen molar-refractivity contribution in [3.63, 3.8) is 0 Å². The van der Waals surface area contributed by atoms with Crippen molar-refractivity contribution in [1.82, 2.24) is 19.3 Å². The monoisotopic (exact) mass is 389 g/mol. The Bertz CT molecular complexity index is 1080. The Morgan fingerprint density at radius 3 is 2.81 bits per heavy atom. The highest BCUT2D eigenvalue weighted by Crippen LogP contribution is 2.25. The van der Waals surface area contributed by atoms with Crippen molar-refractivity contribution in [2.45, 2.75) is 24.7 Å². The second-order valence-electron chi connectivity index (χ2n) is 5.83. The highest BCUT2D eigenvalue weighted by atomic mass is 32.2. The third-order valence-electron chi connectivity index (χ3n) is 3.92. The molecule has 142 valence electrons. The second-order valence-corrected chi connectivity index (χ2v) is 7.60. The quantitative estimate of drug-likeness (QED) is 0.530. The predicted molar refractivity (Wildman–Crippen MR) is 101 cm³/mol. The third-order valence-corrected chi connectivity index (χ3v) is 5.38. The number of carboxylic acid groups (broad SMARTS) is 1. The standard InChI is InChI=1S/C17H19N5O4S/c1-2-3-8-20-27(25,26)13-6-4-5-12(10-13)21-15-14-7-9-22(17(23)24)16(14)19-11-18-15/h4-7,9-11,20H,2-3,8H2,1H3,(H,23,24)(H,18,19,21). The Kier molecular flexibility index (Phi) is 5.38. The van der Waals surface area contributed by atoms with Crippen molar-refractivity contribution in [2.24, 2.45) is 0 Å². The Morgan fingerprint density at radius 2 is 2.07 bits per heavy atom. The van der Waals surface area contributed by atoms with Gasteiger partial charge in [0.2, 0.25) is 10.0 Å². The predicted octanol–water partition coefficient (Wildman–Crippen LogP) is 2.78. The van der Waals surface area contributed by atoms with E-state index in [9.17, 15) is 18.3 Å². The van der Waals surface area contributed by atoms with Crippen LogP contribution in [0.15, 0.2) is 47.8 Å². The van der Waals surface area contributed by atoms with Gasteiger partial charge < -0.3 is 10.4 Å². The van der Waals surface area contributed by atoms with Gasteiger partial charge in [0.15, 0.2) is 5.65 Å². The molecule has 10 heteroatoms. The Hall–Kier alpha value is -2.98. The van der Waals surface area contributed by atoms with Crippen LogP contribution in [0.4, 0.5) is 16.3 Å². The third kappa shape index (κ3) is 4.07. The van der Waals surface area contributed by atoms with Gasteiger partial charge >= 0.3 is 6.09 Å². The first kappa shape index (κ1) is 18.8. The minimum absolute atomic E-state index is 0.136. The van der Waals surface area contributed by atoms with Crippen LogP contribution in [0.3, 0.4) is 0 Å². The lowest BCUT2D eigenvalue weighted by Crippen LogP contribution is -2.24. The molecule has 0 spiro atoms. The number of unbranched alkanes of at least 4 members (excludes halogenated alkanes) is 1. The minimum Gasteiger partial charge on any atom is -0.464 e. The largest absolute Gasteiger partial charge is 0.464 e. The molecule has 0 aliphatic rings. The van der Waals surface area contributed by atoms with Gasteiger partial charge in [-0.3, -0.25) is 0 Å². The summed E-state index contributed by atoms with van der Waals surface area (Å²) in [4.78, 5) is 19.5. The van der Waals surface area contributed by atoms with E-state index in [2.05, 4.69) is 20.0 Å². The molecule has 0 aliphatic carbocycles. The summed E-state index contributed by atoms with van der Waals surface area (Å²) in [6.07, 6.45) is 3.13. The SMILES string of the molecule is CCCCNS(=O)(=O)c1cccc(Nc2ncnc3c2ccn3C(=O)O)c1. The lowest BCUT2D eigenvalue weighted by molar-refractivity contribution is 0.197. The Morgan fingerprint density at radius 1 is 1.26 bits per heavy atom. The maximum absolute atomic E-state index is 12.4. The molecule has 3 N–H and O–H groups in total. The van der Waals surface area contributed by atoms with E-state index in [1.54, 1.807) is 18.2 Å². The molecule has 1 aromatic carbocycles. The van der Waals surface area contributed by atoms with E-state index in [1.165, 1.54) is 24.7 Å². The zero-order valence-electron chi connectivity index (χ0n) is 14.6. The summed E-state index contributed by atoms with van der Waals surface area (Å²) in [6, 6.07) is 7.91. The summed E-state index contributed by atoms with van der Waals surface area (Å²) in [7, 11) is -3.60. The normalized spacial score (nSPS) is 11.6. The van der Waals surface area contributed by atoms with Crippen molar-refractivity contribution in [3.8, 4) is 0 Å². The number of fused-ring (bicyclic) bond motifs is 1. The molecule has 2 heterocycles. The number of nitrogens with zero attached hydrogens (tertiary/aromatic N) is 3. The molecule has 0 saturated heterocycles. The molecule has 0 saturated carbocycles. The average Bonchev–Trinajstić information content (AvgIpc) is 3.07. The van der Waals surface area contributed by atoms with Crippen molar-refractivity contribution < 1.29 is 18.3 Å². The molecular formula is C17H19N5O4S. The molecule has 3 aromatic rings. The molecule has 0 unspecified atom stereocenters. The molecule has 0 atom stereocenters. The van der Waals surface area contributed by atoms with E-state index in [0.29, 0.717) is 23.4 Å². The molecule has 0 bridgehead atoms. The van der Waals surface area contributed by atoms with Crippen LogP contribution in [-0.4, -0.2) is 40.7 Å². The van der Waals surface area contributed by atoms with Crippen LogP contribution in [0.25, 0.3) is 11.0 Å². The smallest absolute Gasteiger partial charge is 0.417 e. The lowest BCUT2D eigenvalue weighted by atomic mass is 10.3. The first-order valence-electron chi connectivity index (χ1n) is 8.34. The maximum Gasteiger partial charge on any atom is 0.417 e. The summed E-state index contributed by atoms with van der Waals surface area (Å²) in [5, 5.41) is 12.7. The van der Waals surface area contributed by atoms with Gasteiger partial charge in [-0.05, 0) is 30.7 Å². The number of carbonyl (C=O) groups is 1. The molecule has 0 fully saturated rings. The van der Waals surface area contributed by atoms with Gasteiger partial charge in [0.1, 0.15) is 12.1 Å². The highest BCUT2D eigenvalue weighted by Gasteiger charge is 2.15. The van der Waals surface area contributed by atoms with Crippen molar-refractivity contribution in [2.75, 3.05) is 11.9 Å². The summed E-state index contributed by atoms with van der Waals surface area (Å²) < 4.78 is 28.3. The number of anilines is 2. The molecule has 0 radical (unpaired) electrons. The molecule has 0 amide bonds. The van der Waals surface area contributed by atoms with Crippen LogP contribution in [0, 0.1) is 0 Å². The van der Waals surface area contributed by atoms with Crippen molar-refractivity contribution in [1.29, 1.82) is 0 Å². The van der Waals surface area contributed by atoms with E-state index in [4.69, 9.17) is 0 Å². The fourth-order valence-electron chi connectivity index (χ4n) is 2.55. The van der Waals surface area contributed by atoms with Gasteiger partial charge in [0.25, 0.3) is 0 Å². The van der Waals surface area contributed by atoms with E-state index in [-0.39, 0.29) is 10.5 Å². The summed E-state index contributed by atoms with van der Waals surface area (Å²) in [6.45, 7) is 2.37. The van der Waals surface area contributed by atoms with Crippen molar-refractivity contribution in [3.05, 3.63) is 42.9 Å². The van der Waals surface area contributed by atoms with Gasteiger partial charge in [-0.2, -0.15) is 0 Å². The van der Waals surface area contributed by atoms with Gasteiger partial charge in [0, 0.05) is 18.4 Å².